The minimum atomic E-state index is -2.62. The van der Waals surface area contributed by atoms with Crippen LogP contribution in [-0.4, -0.2) is 32.3 Å². The maximum Gasteiger partial charge on any atom is 0.262 e. The van der Waals surface area contributed by atoms with Crippen LogP contribution in [0.3, 0.4) is 0 Å². The summed E-state index contributed by atoms with van der Waals surface area (Å²) in [6.45, 7) is -0.309. The van der Waals surface area contributed by atoms with Gasteiger partial charge in [0.05, 0.1) is 6.61 Å². The number of halogens is 2. The quantitative estimate of drug-likeness (QED) is 0.878. The summed E-state index contributed by atoms with van der Waals surface area (Å²) in [4.78, 5) is 3.71. The van der Waals surface area contributed by atoms with Crippen LogP contribution in [0.2, 0.25) is 5.02 Å². The minimum Gasteiger partial charge on any atom is -0.358 e. The molecule has 22 heavy (non-hydrogen) atoms. The number of epoxide rings is 1. The standard InChI is InChI=1S/C12H11ClFN3O2.C3H6/c13-10-4-2-1-3-9(10)11(6-19-11)12(14,18)5-17-8-15-7-16-17;1-2-3-1/h1-4,7-8,18H,5-6H2;1-3H2. The van der Waals surface area contributed by atoms with Crippen LogP contribution in [0.1, 0.15) is 24.8 Å². The third-order valence-electron chi connectivity index (χ3n) is 3.55. The van der Waals surface area contributed by atoms with Gasteiger partial charge >= 0.3 is 0 Å². The number of nitrogens with zero attached hydrogens (tertiary/aromatic N) is 3. The molecule has 1 N–H and O–H groups in total. The molecule has 7 heteroatoms. The highest BCUT2D eigenvalue weighted by molar-refractivity contribution is 6.31. The molecule has 1 saturated carbocycles. The second-order valence-electron chi connectivity index (χ2n) is 5.51. The molecule has 2 heterocycles. The summed E-state index contributed by atoms with van der Waals surface area (Å²) in [6, 6.07) is 6.72. The molecule has 2 unspecified atom stereocenters. The van der Waals surface area contributed by atoms with Crippen molar-refractivity contribution >= 4 is 11.6 Å². The van der Waals surface area contributed by atoms with E-state index in [-0.39, 0.29) is 13.2 Å². The van der Waals surface area contributed by atoms with Gasteiger partial charge in [-0.05, 0) is 6.07 Å². The second kappa shape index (κ2) is 5.95. The Labute approximate surface area is 132 Å². The Morgan fingerprint density at radius 3 is 2.55 bits per heavy atom. The minimum absolute atomic E-state index is 0.0679. The lowest BCUT2D eigenvalue weighted by atomic mass is 9.92. The average molecular weight is 326 g/mol. The fourth-order valence-electron chi connectivity index (χ4n) is 2.10. The number of aromatic nitrogens is 3. The molecule has 0 radical (unpaired) electrons. The topological polar surface area (TPSA) is 63.5 Å². The highest BCUT2D eigenvalue weighted by Crippen LogP contribution is 2.51. The van der Waals surface area contributed by atoms with Crippen molar-refractivity contribution in [1.82, 2.24) is 14.8 Å². The fourth-order valence-corrected chi connectivity index (χ4v) is 2.39. The third-order valence-corrected chi connectivity index (χ3v) is 3.88. The highest BCUT2D eigenvalue weighted by Gasteiger charge is 2.64. The first-order valence-electron chi connectivity index (χ1n) is 7.18. The molecule has 1 saturated heterocycles. The van der Waals surface area contributed by atoms with Crippen LogP contribution in [0.25, 0.3) is 0 Å². The normalized spacial score (nSPS) is 24.9. The summed E-state index contributed by atoms with van der Waals surface area (Å²) >= 11 is 6.04. The molecule has 1 aromatic carbocycles. The molecular formula is C15H17ClFN3O2. The third kappa shape index (κ3) is 3.14. The molecule has 118 valence electrons. The zero-order valence-corrected chi connectivity index (χ0v) is 12.7. The van der Waals surface area contributed by atoms with Gasteiger partial charge in [-0.2, -0.15) is 5.10 Å². The molecule has 1 aliphatic heterocycles. The number of aliphatic hydroxyl groups is 1. The summed E-state index contributed by atoms with van der Waals surface area (Å²) in [5.74, 6) is -2.62. The average Bonchev–Trinajstić information content (AvgIpc) is 3.39. The van der Waals surface area contributed by atoms with Gasteiger partial charge in [0.15, 0.2) is 5.60 Å². The summed E-state index contributed by atoms with van der Waals surface area (Å²) < 4.78 is 21.1. The van der Waals surface area contributed by atoms with E-state index < -0.39 is 11.5 Å². The summed E-state index contributed by atoms with van der Waals surface area (Å²) in [5, 5.41) is 14.2. The number of alkyl halides is 1. The van der Waals surface area contributed by atoms with Gasteiger partial charge in [0.1, 0.15) is 19.2 Å². The van der Waals surface area contributed by atoms with Crippen LogP contribution >= 0.6 is 11.6 Å². The van der Waals surface area contributed by atoms with Crippen molar-refractivity contribution in [2.75, 3.05) is 6.61 Å². The van der Waals surface area contributed by atoms with Gasteiger partial charge in [-0.1, -0.05) is 49.1 Å². The van der Waals surface area contributed by atoms with Crippen molar-refractivity contribution in [3.63, 3.8) is 0 Å². The number of hydrogen-bond acceptors (Lipinski definition) is 4. The Kier molecular flexibility index (Phi) is 4.16. The first-order valence-corrected chi connectivity index (χ1v) is 7.56. The van der Waals surface area contributed by atoms with Crippen LogP contribution in [0.15, 0.2) is 36.9 Å². The molecule has 0 amide bonds. The van der Waals surface area contributed by atoms with Crippen LogP contribution in [0.5, 0.6) is 0 Å². The Hall–Kier alpha value is -1.50. The Morgan fingerprint density at radius 2 is 2.05 bits per heavy atom. The number of ether oxygens (including phenoxy) is 1. The van der Waals surface area contributed by atoms with E-state index >= 15 is 0 Å². The van der Waals surface area contributed by atoms with Crippen LogP contribution < -0.4 is 0 Å². The first-order chi connectivity index (χ1) is 10.6. The van der Waals surface area contributed by atoms with Crippen molar-refractivity contribution < 1.29 is 14.2 Å². The molecule has 0 bridgehead atoms. The van der Waals surface area contributed by atoms with Gasteiger partial charge in [0.25, 0.3) is 5.85 Å². The van der Waals surface area contributed by atoms with Crippen molar-refractivity contribution in [3.05, 3.63) is 47.5 Å². The molecule has 2 aliphatic rings. The monoisotopic (exact) mass is 325 g/mol. The van der Waals surface area contributed by atoms with Gasteiger partial charge in [-0.3, -0.25) is 0 Å². The SMILES string of the molecule is C1CC1.OC(F)(Cn1cncn1)C1(c2ccccc2Cl)CO1. The predicted molar refractivity (Wildman–Crippen MR) is 79.0 cm³/mol. The molecule has 4 rings (SSSR count). The molecule has 1 aliphatic carbocycles. The largest absolute Gasteiger partial charge is 0.358 e. The Balaban J connectivity index is 0.000000429. The molecule has 5 nitrogen and oxygen atoms in total. The van der Waals surface area contributed by atoms with E-state index in [4.69, 9.17) is 16.3 Å². The zero-order chi connectivity index (χ0) is 15.6. The van der Waals surface area contributed by atoms with E-state index in [9.17, 15) is 9.50 Å². The Morgan fingerprint density at radius 1 is 1.36 bits per heavy atom. The van der Waals surface area contributed by atoms with Gasteiger partial charge < -0.3 is 9.84 Å². The van der Waals surface area contributed by atoms with Crippen molar-refractivity contribution in [2.45, 2.75) is 37.3 Å². The molecular weight excluding hydrogens is 309 g/mol. The predicted octanol–water partition coefficient (Wildman–Crippen LogP) is 2.69. The summed E-state index contributed by atoms with van der Waals surface area (Å²) in [6.07, 6.45) is 7.10. The van der Waals surface area contributed by atoms with E-state index in [0.717, 1.165) is 0 Å². The molecule has 2 aromatic rings. The zero-order valence-electron chi connectivity index (χ0n) is 12.0. The number of rotatable bonds is 4. The van der Waals surface area contributed by atoms with E-state index in [1.165, 1.54) is 36.6 Å². The van der Waals surface area contributed by atoms with E-state index in [1.54, 1.807) is 24.3 Å². The molecule has 2 atom stereocenters. The maximum atomic E-state index is 14.6. The lowest BCUT2D eigenvalue weighted by molar-refractivity contribution is -0.161. The van der Waals surface area contributed by atoms with Gasteiger partial charge in [0.2, 0.25) is 0 Å². The molecule has 2 fully saturated rings. The van der Waals surface area contributed by atoms with Gasteiger partial charge in [-0.15, -0.1) is 0 Å². The van der Waals surface area contributed by atoms with E-state index in [1.807, 2.05) is 0 Å². The van der Waals surface area contributed by atoms with Crippen LogP contribution in [0, 0.1) is 0 Å². The van der Waals surface area contributed by atoms with Gasteiger partial charge in [-0.25, -0.2) is 14.1 Å². The lowest BCUT2D eigenvalue weighted by Crippen LogP contribution is -2.43. The first kappa shape index (κ1) is 15.4. The molecule has 0 spiro atoms. The van der Waals surface area contributed by atoms with E-state index in [2.05, 4.69) is 10.1 Å². The maximum absolute atomic E-state index is 14.6. The Bertz CT molecular complexity index is 625. The van der Waals surface area contributed by atoms with E-state index in [0.29, 0.717) is 10.6 Å². The smallest absolute Gasteiger partial charge is 0.262 e. The van der Waals surface area contributed by atoms with Gasteiger partial charge in [0, 0.05) is 10.6 Å². The highest BCUT2D eigenvalue weighted by atomic mass is 35.5. The van der Waals surface area contributed by atoms with Crippen molar-refractivity contribution in [3.8, 4) is 0 Å². The second-order valence-corrected chi connectivity index (χ2v) is 5.92. The van der Waals surface area contributed by atoms with Crippen molar-refractivity contribution in [1.29, 1.82) is 0 Å². The van der Waals surface area contributed by atoms with Crippen LogP contribution in [-0.2, 0) is 16.9 Å². The molecule has 1 aromatic heterocycles. The summed E-state index contributed by atoms with van der Waals surface area (Å²) in [5.41, 5.74) is -1.00. The number of hydrogen-bond donors (Lipinski definition) is 1. The summed E-state index contributed by atoms with van der Waals surface area (Å²) in [7, 11) is 0. The fraction of sp³-hybridized carbons (Fsp3) is 0.467. The van der Waals surface area contributed by atoms with Crippen molar-refractivity contribution in [2.24, 2.45) is 0 Å². The van der Waals surface area contributed by atoms with Crippen LogP contribution in [0.4, 0.5) is 4.39 Å². The number of benzene rings is 1. The lowest BCUT2D eigenvalue weighted by Gasteiger charge is -2.26.